The van der Waals surface area contributed by atoms with Gasteiger partial charge in [0.2, 0.25) is 0 Å². The van der Waals surface area contributed by atoms with Crippen LogP contribution < -0.4 is 5.73 Å². The summed E-state index contributed by atoms with van der Waals surface area (Å²) in [7, 11) is 0. The molecule has 2 N–H and O–H groups in total. The van der Waals surface area contributed by atoms with Crippen LogP contribution in [-0.2, 0) is 0 Å². The quantitative estimate of drug-likeness (QED) is 0.500. The second-order valence-corrected chi connectivity index (χ2v) is 5.78. The first-order valence-electron chi connectivity index (χ1n) is 7.38. The molecule has 1 atom stereocenters. The summed E-state index contributed by atoms with van der Waals surface area (Å²) in [4.78, 5) is 0. The van der Waals surface area contributed by atoms with Gasteiger partial charge >= 0.3 is 0 Å². The fraction of sp³-hybridized carbons (Fsp3) is 1.00. The monoisotopic (exact) mass is 227 g/mol. The summed E-state index contributed by atoms with van der Waals surface area (Å²) in [6, 6.07) is 0.399. The number of unbranched alkanes of at least 4 members (excludes halogenated alkanes) is 7. The van der Waals surface area contributed by atoms with E-state index in [2.05, 4.69) is 20.8 Å². The van der Waals surface area contributed by atoms with Gasteiger partial charge in [0.05, 0.1) is 0 Å². The fourth-order valence-electron chi connectivity index (χ4n) is 2.08. The molecule has 0 aliphatic rings. The first kappa shape index (κ1) is 16.0. The highest BCUT2D eigenvalue weighted by Gasteiger charge is 1.96. The maximum absolute atomic E-state index is 5.71. The topological polar surface area (TPSA) is 26.0 Å². The minimum atomic E-state index is 0.399. The van der Waals surface area contributed by atoms with Crippen LogP contribution >= 0.6 is 0 Å². The Labute approximate surface area is 103 Å². The summed E-state index contributed by atoms with van der Waals surface area (Å²) in [5, 5.41) is 0. The Morgan fingerprint density at radius 3 is 1.38 bits per heavy atom. The Hall–Kier alpha value is -0.0400. The van der Waals surface area contributed by atoms with Crippen LogP contribution in [0, 0.1) is 5.92 Å². The Morgan fingerprint density at radius 2 is 1.00 bits per heavy atom. The smallest absolute Gasteiger partial charge is 0.00104 e. The summed E-state index contributed by atoms with van der Waals surface area (Å²) >= 11 is 0. The van der Waals surface area contributed by atoms with E-state index in [0.717, 1.165) is 5.92 Å². The normalized spacial score (nSPS) is 13.3. The van der Waals surface area contributed by atoms with Gasteiger partial charge in [0.15, 0.2) is 0 Å². The van der Waals surface area contributed by atoms with Crippen molar-refractivity contribution in [1.29, 1.82) is 0 Å². The van der Waals surface area contributed by atoms with E-state index in [0.29, 0.717) is 6.04 Å². The minimum Gasteiger partial charge on any atom is -0.328 e. The molecule has 0 fully saturated rings. The molecule has 0 bridgehead atoms. The number of hydrogen-bond acceptors (Lipinski definition) is 1. The first-order valence-corrected chi connectivity index (χ1v) is 7.38. The van der Waals surface area contributed by atoms with E-state index in [1.807, 2.05) is 0 Å². The van der Waals surface area contributed by atoms with E-state index in [4.69, 9.17) is 5.73 Å². The highest BCUT2D eigenvalue weighted by molar-refractivity contribution is 4.54. The highest BCUT2D eigenvalue weighted by atomic mass is 14.6. The second kappa shape index (κ2) is 11.4. The lowest BCUT2D eigenvalue weighted by molar-refractivity contribution is 0.502. The third kappa shape index (κ3) is 14.0. The predicted molar refractivity (Wildman–Crippen MR) is 74.7 cm³/mol. The van der Waals surface area contributed by atoms with Crippen molar-refractivity contribution in [3.63, 3.8) is 0 Å². The third-order valence-electron chi connectivity index (χ3n) is 3.19. The van der Waals surface area contributed by atoms with Crippen molar-refractivity contribution in [2.45, 2.75) is 91.0 Å². The van der Waals surface area contributed by atoms with Crippen molar-refractivity contribution in [1.82, 2.24) is 0 Å². The molecule has 0 saturated carbocycles. The SMILES string of the molecule is CC(C)CCCCCCCCCCC(C)N. The Morgan fingerprint density at radius 1 is 0.625 bits per heavy atom. The zero-order valence-corrected chi connectivity index (χ0v) is 11.8. The van der Waals surface area contributed by atoms with Crippen LogP contribution in [0.3, 0.4) is 0 Å². The summed E-state index contributed by atoms with van der Waals surface area (Å²) in [5.41, 5.74) is 5.71. The van der Waals surface area contributed by atoms with E-state index in [-0.39, 0.29) is 0 Å². The highest BCUT2D eigenvalue weighted by Crippen LogP contribution is 2.13. The van der Waals surface area contributed by atoms with Gasteiger partial charge in [-0.25, -0.2) is 0 Å². The van der Waals surface area contributed by atoms with Gasteiger partial charge in [-0.1, -0.05) is 71.6 Å². The fourth-order valence-corrected chi connectivity index (χ4v) is 2.08. The summed E-state index contributed by atoms with van der Waals surface area (Å²) in [6.45, 7) is 6.74. The van der Waals surface area contributed by atoms with E-state index in [1.165, 1.54) is 64.2 Å². The van der Waals surface area contributed by atoms with E-state index < -0.39 is 0 Å². The number of rotatable bonds is 11. The molecular formula is C15H33N. The molecule has 0 aromatic rings. The lowest BCUT2D eigenvalue weighted by atomic mass is 10.0. The van der Waals surface area contributed by atoms with E-state index in [9.17, 15) is 0 Å². The molecule has 0 rings (SSSR count). The molecule has 98 valence electrons. The lowest BCUT2D eigenvalue weighted by Crippen LogP contribution is -2.13. The molecule has 0 heterocycles. The number of hydrogen-bond donors (Lipinski definition) is 1. The molecule has 16 heavy (non-hydrogen) atoms. The molecule has 0 saturated heterocycles. The molecule has 0 aromatic carbocycles. The Bertz CT molecular complexity index is 113. The van der Waals surface area contributed by atoms with E-state index in [1.54, 1.807) is 0 Å². The molecule has 0 spiro atoms. The second-order valence-electron chi connectivity index (χ2n) is 5.78. The molecule has 1 nitrogen and oxygen atoms in total. The van der Waals surface area contributed by atoms with Gasteiger partial charge in [-0.05, 0) is 19.3 Å². The van der Waals surface area contributed by atoms with Crippen molar-refractivity contribution in [3.8, 4) is 0 Å². The van der Waals surface area contributed by atoms with Crippen molar-refractivity contribution >= 4 is 0 Å². The summed E-state index contributed by atoms with van der Waals surface area (Å²) in [6.07, 6.45) is 13.9. The van der Waals surface area contributed by atoms with Gasteiger partial charge in [-0.15, -0.1) is 0 Å². The average Bonchev–Trinajstić information content (AvgIpc) is 2.20. The van der Waals surface area contributed by atoms with Gasteiger partial charge in [-0.3, -0.25) is 0 Å². The van der Waals surface area contributed by atoms with Gasteiger partial charge in [0, 0.05) is 6.04 Å². The molecule has 0 aliphatic heterocycles. The standard InChI is InChI=1S/C15H33N/c1-14(2)12-10-8-6-4-5-7-9-11-13-15(3)16/h14-15H,4-13,16H2,1-3H3. The maximum atomic E-state index is 5.71. The van der Waals surface area contributed by atoms with Crippen LogP contribution in [0.1, 0.15) is 85.0 Å². The van der Waals surface area contributed by atoms with Crippen molar-refractivity contribution in [3.05, 3.63) is 0 Å². The lowest BCUT2D eigenvalue weighted by Gasteiger charge is -2.05. The van der Waals surface area contributed by atoms with Crippen molar-refractivity contribution in [2.75, 3.05) is 0 Å². The largest absolute Gasteiger partial charge is 0.328 e. The molecule has 0 radical (unpaired) electrons. The van der Waals surface area contributed by atoms with Crippen LogP contribution in [0.4, 0.5) is 0 Å². The Balaban J connectivity index is 2.93. The summed E-state index contributed by atoms with van der Waals surface area (Å²) in [5.74, 6) is 0.887. The van der Waals surface area contributed by atoms with Gasteiger partial charge < -0.3 is 5.73 Å². The van der Waals surface area contributed by atoms with E-state index >= 15 is 0 Å². The number of nitrogens with two attached hydrogens (primary N) is 1. The van der Waals surface area contributed by atoms with Crippen LogP contribution in [0.15, 0.2) is 0 Å². The molecule has 1 heteroatoms. The zero-order valence-electron chi connectivity index (χ0n) is 11.8. The predicted octanol–water partition coefficient (Wildman–Crippen LogP) is 4.89. The average molecular weight is 227 g/mol. The molecule has 1 unspecified atom stereocenters. The van der Waals surface area contributed by atoms with Gasteiger partial charge in [0.25, 0.3) is 0 Å². The molecule has 0 amide bonds. The Kier molecular flexibility index (Phi) is 11.4. The summed E-state index contributed by atoms with van der Waals surface area (Å²) < 4.78 is 0. The van der Waals surface area contributed by atoms with Crippen LogP contribution in [0.25, 0.3) is 0 Å². The van der Waals surface area contributed by atoms with Crippen molar-refractivity contribution in [2.24, 2.45) is 11.7 Å². The van der Waals surface area contributed by atoms with Gasteiger partial charge in [-0.2, -0.15) is 0 Å². The van der Waals surface area contributed by atoms with Gasteiger partial charge in [0.1, 0.15) is 0 Å². The molecular weight excluding hydrogens is 194 g/mol. The minimum absolute atomic E-state index is 0.399. The zero-order chi connectivity index (χ0) is 12.2. The first-order chi connectivity index (χ1) is 7.63. The van der Waals surface area contributed by atoms with Crippen LogP contribution in [-0.4, -0.2) is 6.04 Å². The maximum Gasteiger partial charge on any atom is 0.00104 e. The third-order valence-corrected chi connectivity index (χ3v) is 3.19. The van der Waals surface area contributed by atoms with Crippen molar-refractivity contribution < 1.29 is 0 Å². The van der Waals surface area contributed by atoms with Crippen LogP contribution in [0.5, 0.6) is 0 Å². The molecule has 0 aliphatic carbocycles. The molecule has 0 aromatic heterocycles. The van der Waals surface area contributed by atoms with Crippen LogP contribution in [0.2, 0.25) is 0 Å².